The molecule has 1 rings (SSSR count). The zero-order chi connectivity index (χ0) is 14.4. The van der Waals surface area contributed by atoms with Gasteiger partial charge in [-0.3, -0.25) is 4.79 Å². The summed E-state index contributed by atoms with van der Waals surface area (Å²) in [6.07, 6.45) is -3.09. The van der Waals surface area contributed by atoms with Crippen molar-refractivity contribution in [3.8, 4) is 0 Å². The van der Waals surface area contributed by atoms with Crippen molar-refractivity contribution in [3.05, 3.63) is 35.4 Å². The Morgan fingerprint density at radius 1 is 1.32 bits per heavy atom. The molecule has 0 spiro atoms. The summed E-state index contributed by atoms with van der Waals surface area (Å²) < 4.78 is 50.6. The van der Waals surface area contributed by atoms with Gasteiger partial charge in [0.25, 0.3) is 6.43 Å². The number of carbonyl (C=O) groups excluding carboxylic acids is 1. The van der Waals surface area contributed by atoms with Gasteiger partial charge in [-0.1, -0.05) is 6.07 Å². The highest BCUT2D eigenvalue weighted by atomic mass is 19.3. The first-order valence-electron chi connectivity index (χ1n) is 5.64. The quantitative estimate of drug-likeness (QED) is 0.803. The fourth-order valence-electron chi connectivity index (χ4n) is 1.58. The molecule has 1 aromatic rings. The van der Waals surface area contributed by atoms with Crippen molar-refractivity contribution in [3.63, 3.8) is 0 Å². The summed E-state index contributed by atoms with van der Waals surface area (Å²) >= 11 is 0. The molecule has 0 heterocycles. The van der Waals surface area contributed by atoms with Crippen LogP contribution in [-0.2, 0) is 11.2 Å². The van der Waals surface area contributed by atoms with Crippen molar-refractivity contribution < 1.29 is 22.4 Å². The lowest BCUT2D eigenvalue weighted by Crippen LogP contribution is -2.39. The summed E-state index contributed by atoms with van der Waals surface area (Å²) in [6.45, 7) is -0.755. The molecule has 3 nitrogen and oxygen atoms in total. The second-order valence-corrected chi connectivity index (χ2v) is 3.93. The molecular weight excluding hydrogens is 264 g/mol. The highest BCUT2D eigenvalue weighted by molar-refractivity contribution is 5.78. The van der Waals surface area contributed by atoms with Crippen LogP contribution in [0.25, 0.3) is 0 Å². The zero-order valence-corrected chi connectivity index (χ0v) is 10.1. The third-order valence-corrected chi connectivity index (χ3v) is 2.47. The van der Waals surface area contributed by atoms with E-state index in [9.17, 15) is 22.4 Å². The van der Waals surface area contributed by atoms with Crippen LogP contribution < -0.4 is 5.73 Å². The van der Waals surface area contributed by atoms with E-state index in [2.05, 4.69) is 0 Å². The molecule has 0 fully saturated rings. The van der Waals surface area contributed by atoms with Crippen LogP contribution in [0.3, 0.4) is 0 Å². The molecule has 0 bridgehead atoms. The van der Waals surface area contributed by atoms with Gasteiger partial charge in [-0.15, -0.1) is 0 Å². The van der Waals surface area contributed by atoms with Gasteiger partial charge < -0.3 is 10.6 Å². The van der Waals surface area contributed by atoms with E-state index < -0.39 is 36.9 Å². The predicted octanol–water partition coefficient (Wildman–Crippen LogP) is 1.56. The Morgan fingerprint density at radius 2 is 2.00 bits per heavy atom. The minimum Gasteiger partial charge on any atom is -0.335 e. The summed E-state index contributed by atoms with van der Waals surface area (Å²) in [7, 11) is 0. The largest absolute Gasteiger partial charge is 0.335 e. The first kappa shape index (κ1) is 15.4. The van der Waals surface area contributed by atoms with Gasteiger partial charge >= 0.3 is 0 Å². The SMILES string of the molecule is NCCN(CC(F)F)C(=O)Cc1ccc(F)cc1F. The Balaban J connectivity index is 2.75. The van der Waals surface area contributed by atoms with Crippen molar-refractivity contribution in [1.29, 1.82) is 0 Å². The summed E-state index contributed by atoms with van der Waals surface area (Å²) in [5, 5.41) is 0. The molecule has 0 aliphatic heterocycles. The van der Waals surface area contributed by atoms with Gasteiger partial charge in [-0.2, -0.15) is 0 Å². The van der Waals surface area contributed by atoms with Gasteiger partial charge in [0.05, 0.1) is 13.0 Å². The second-order valence-electron chi connectivity index (χ2n) is 3.93. The molecule has 0 aliphatic rings. The average Bonchev–Trinajstić information content (AvgIpc) is 2.31. The van der Waals surface area contributed by atoms with Gasteiger partial charge in [0.1, 0.15) is 11.6 Å². The van der Waals surface area contributed by atoms with E-state index in [1.54, 1.807) is 0 Å². The molecule has 19 heavy (non-hydrogen) atoms. The fraction of sp³-hybridized carbons (Fsp3) is 0.417. The van der Waals surface area contributed by atoms with Crippen LogP contribution in [-0.4, -0.2) is 36.9 Å². The van der Waals surface area contributed by atoms with Crippen molar-refractivity contribution in [1.82, 2.24) is 4.90 Å². The van der Waals surface area contributed by atoms with Crippen LogP contribution in [0.4, 0.5) is 17.6 Å². The predicted molar refractivity (Wildman–Crippen MR) is 61.7 cm³/mol. The van der Waals surface area contributed by atoms with E-state index in [0.29, 0.717) is 6.07 Å². The number of hydrogen-bond donors (Lipinski definition) is 1. The van der Waals surface area contributed by atoms with E-state index in [0.717, 1.165) is 17.0 Å². The van der Waals surface area contributed by atoms with Crippen LogP contribution in [0.5, 0.6) is 0 Å². The molecule has 0 saturated heterocycles. The molecule has 2 N–H and O–H groups in total. The Labute approximate surface area is 108 Å². The van der Waals surface area contributed by atoms with Gasteiger partial charge in [-0.25, -0.2) is 17.6 Å². The summed E-state index contributed by atoms with van der Waals surface area (Å²) in [6, 6.07) is 2.76. The number of carbonyl (C=O) groups is 1. The van der Waals surface area contributed by atoms with Crippen molar-refractivity contribution in [2.24, 2.45) is 5.73 Å². The minimum atomic E-state index is -2.69. The monoisotopic (exact) mass is 278 g/mol. The van der Waals surface area contributed by atoms with Gasteiger partial charge in [0, 0.05) is 19.2 Å². The summed E-state index contributed by atoms with van der Waals surface area (Å²) in [4.78, 5) is 12.6. The molecule has 0 aliphatic carbocycles. The summed E-state index contributed by atoms with van der Waals surface area (Å²) in [5.41, 5.74) is 5.18. The molecule has 0 unspecified atom stereocenters. The standard InChI is InChI=1S/C12H14F4N2O/c13-9-2-1-8(10(14)6-9)5-12(19)18(4-3-17)7-11(15)16/h1-2,6,11H,3-5,7,17H2. The number of halogens is 4. The number of rotatable bonds is 6. The maximum atomic E-state index is 13.3. The third-order valence-electron chi connectivity index (χ3n) is 2.47. The van der Waals surface area contributed by atoms with Gasteiger partial charge in [0.15, 0.2) is 0 Å². The van der Waals surface area contributed by atoms with Crippen molar-refractivity contribution in [2.45, 2.75) is 12.8 Å². The molecule has 7 heteroatoms. The molecular formula is C12H14F4N2O. The van der Waals surface area contributed by atoms with E-state index in [-0.39, 0.29) is 18.7 Å². The Kier molecular flexibility index (Phi) is 5.75. The number of amides is 1. The molecule has 0 atom stereocenters. The first-order chi connectivity index (χ1) is 8.93. The first-order valence-corrected chi connectivity index (χ1v) is 5.64. The van der Waals surface area contributed by atoms with Crippen LogP contribution in [0.1, 0.15) is 5.56 Å². The number of benzene rings is 1. The average molecular weight is 278 g/mol. The van der Waals surface area contributed by atoms with E-state index in [4.69, 9.17) is 5.73 Å². The van der Waals surface area contributed by atoms with E-state index in [1.165, 1.54) is 0 Å². The van der Waals surface area contributed by atoms with Gasteiger partial charge in [-0.05, 0) is 11.6 Å². The molecule has 106 valence electrons. The normalized spacial score (nSPS) is 10.8. The number of alkyl halides is 2. The lowest BCUT2D eigenvalue weighted by Gasteiger charge is -2.21. The Hall–Kier alpha value is -1.63. The Bertz CT molecular complexity index is 440. The van der Waals surface area contributed by atoms with Crippen LogP contribution in [0.15, 0.2) is 18.2 Å². The van der Waals surface area contributed by atoms with E-state index >= 15 is 0 Å². The van der Waals surface area contributed by atoms with Crippen LogP contribution in [0.2, 0.25) is 0 Å². The third kappa shape index (κ3) is 4.86. The molecule has 0 saturated carbocycles. The smallest absolute Gasteiger partial charge is 0.255 e. The number of nitrogens with two attached hydrogens (primary N) is 1. The molecule has 1 amide bonds. The van der Waals surface area contributed by atoms with Crippen LogP contribution >= 0.6 is 0 Å². The van der Waals surface area contributed by atoms with Crippen LogP contribution in [0, 0.1) is 11.6 Å². The highest BCUT2D eigenvalue weighted by Gasteiger charge is 2.19. The maximum Gasteiger partial charge on any atom is 0.255 e. The van der Waals surface area contributed by atoms with Crippen molar-refractivity contribution in [2.75, 3.05) is 19.6 Å². The molecule has 1 aromatic carbocycles. The second kappa shape index (κ2) is 7.08. The number of hydrogen-bond acceptors (Lipinski definition) is 2. The molecule has 0 aromatic heterocycles. The van der Waals surface area contributed by atoms with Gasteiger partial charge in [0.2, 0.25) is 5.91 Å². The van der Waals surface area contributed by atoms with E-state index in [1.807, 2.05) is 0 Å². The highest BCUT2D eigenvalue weighted by Crippen LogP contribution is 2.12. The number of nitrogens with zero attached hydrogens (tertiary/aromatic N) is 1. The zero-order valence-electron chi connectivity index (χ0n) is 10.1. The fourth-order valence-corrected chi connectivity index (χ4v) is 1.58. The maximum absolute atomic E-state index is 13.3. The Morgan fingerprint density at radius 3 is 2.53 bits per heavy atom. The lowest BCUT2D eigenvalue weighted by atomic mass is 10.1. The minimum absolute atomic E-state index is 0.0321. The van der Waals surface area contributed by atoms with Crippen molar-refractivity contribution >= 4 is 5.91 Å². The summed E-state index contributed by atoms with van der Waals surface area (Å²) in [5.74, 6) is -2.31. The topological polar surface area (TPSA) is 46.3 Å². The molecule has 0 radical (unpaired) electrons. The lowest BCUT2D eigenvalue weighted by molar-refractivity contribution is -0.132.